The van der Waals surface area contributed by atoms with Crippen LogP contribution in [0.2, 0.25) is 5.02 Å². The maximum atomic E-state index is 12.6. The van der Waals surface area contributed by atoms with Gasteiger partial charge in [-0.25, -0.2) is 0 Å². The van der Waals surface area contributed by atoms with Crippen molar-refractivity contribution in [3.8, 4) is 0 Å². The van der Waals surface area contributed by atoms with E-state index in [1.807, 2.05) is 18.2 Å². The van der Waals surface area contributed by atoms with Crippen LogP contribution in [0.5, 0.6) is 0 Å². The van der Waals surface area contributed by atoms with E-state index in [0.717, 1.165) is 23.6 Å². The molecule has 1 saturated heterocycles. The second kappa shape index (κ2) is 5.85. The summed E-state index contributed by atoms with van der Waals surface area (Å²) in [7, 11) is 0. The number of H-pyrrole nitrogens is 1. The predicted octanol–water partition coefficient (Wildman–Crippen LogP) is 2.75. The Kier molecular flexibility index (Phi) is 3.93. The normalized spacial score (nSPS) is 19.4. The molecule has 1 aliphatic heterocycles. The summed E-state index contributed by atoms with van der Waals surface area (Å²) in [6.07, 6.45) is 3.43. The van der Waals surface area contributed by atoms with Crippen LogP contribution in [-0.2, 0) is 4.79 Å². The number of carbonyl (C=O) groups is 1. The van der Waals surface area contributed by atoms with E-state index in [2.05, 4.69) is 15.4 Å². The Balaban J connectivity index is 1.80. The largest absolute Gasteiger partial charge is 0.310 e. The molecule has 1 aromatic carbocycles. The molecule has 20 heavy (non-hydrogen) atoms. The van der Waals surface area contributed by atoms with Crippen molar-refractivity contribution in [2.45, 2.75) is 23.1 Å². The number of anilines is 1. The molecule has 0 bridgehead atoms. The summed E-state index contributed by atoms with van der Waals surface area (Å²) >= 11 is 7.63. The lowest BCUT2D eigenvalue weighted by molar-refractivity contribution is -0.119. The van der Waals surface area contributed by atoms with Crippen LogP contribution in [-0.4, -0.2) is 33.1 Å². The molecule has 1 atom stereocenters. The fourth-order valence-corrected chi connectivity index (χ4v) is 3.50. The van der Waals surface area contributed by atoms with Gasteiger partial charge >= 0.3 is 0 Å². The average molecular weight is 309 g/mol. The first-order chi connectivity index (χ1) is 9.75. The molecule has 0 radical (unpaired) electrons. The van der Waals surface area contributed by atoms with E-state index in [1.165, 1.54) is 11.8 Å². The maximum absolute atomic E-state index is 12.6. The minimum atomic E-state index is -0.134. The summed E-state index contributed by atoms with van der Waals surface area (Å²) in [6, 6.07) is 7.44. The van der Waals surface area contributed by atoms with Crippen molar-refractivity contribution in [3.63, 3.8) is 0 Å². The van der Waals surface area contributed by atoms with Crippen molar-refractivity contribution >= 4 is 35.0 Å². The molecule has 3 rings (SSSR count). The number of carbonyl (C=O) groups excluding carboxylic acids is 1. The quantitative estimate of drug-likeness (QED) is 0.947. The predicted molar refractivity (Wildman–Crippen MR) is 79.1 cm³/mol. The van der Waals surface area contributed by atoms with E-state index in [4.69, 9.17) is 11.6 Å². The van der Waals surface area contributed by atoms with E-state index in [0.29, 0.717) is 11.6 Å². The molecule has 1 N–H and O–H groups in total. The smallest absolute Gasteiger partial charge is 0.240 e. The zero-order chi connectivity index (χ0) is 13.9. The Hall–Kier alpha value is -1.53. The minimum absolute atomic E-state index is 0.0809. The Morgan fingerprint density at radius 1 is 1.40 bits per heavy atom. The molecule has 1 fully saturated rings. The third-order valence-corrected chi connectivity index (χ3v) is 4.67. The highest BCUT2D eigenvalue weighted by atomic mass is 35.5. The molecule has 0 saturated carbocycles. The van der Waals surface area contributed by atoms with Gasteiger partial charge in [0.05, 0.1) is 22.2 Å². The van der Waals surface area contributed by atoms with Crippen LogP contribution < -0.4 is 4.90 Å². The van der Waals surface area contributed by atoms with Gasteiger partial charge in [-0.2, -0.15) is 10.3 Å². The second-order valence-corrected chi connectivity index (χ2v) is 6.13. The first-order valence-corrected chi connectivity index (χ1v) is 7.60. The average Bonchev–Trinajstić information content (AvgIpc) is 2.95. The molecule has 5 nitrogen and oxygen atoms in total. The zero-order valence-electron chi connectivity index (χ0n) is 10.6. The molecule has 0 aliphatic carbocycles. The SMILES string of the molecule is O=C1[C@H](Sc2cn[nH]n2)CCCN1c1ccccc1Cl. The van der Waals surface area contributed by atoms with Crippen molar-refractivity contribution in [1.82, 2.24) is 15.4 Å². The van der Waals surface area contributed by atoms with Gasteiger partial charge in [0, 0.05) is 6.54 Å². The van der Waals surface area contributed by atoms with Crippen LogP contribution in [0, 0.1) is 0 Å². The highest BCUT2D eigenvalue weighted by Crippen LogP contribution is 2.33. The Bertz CT molecular complexity index is 604. The third kappa shape index (κ3) is 2.66. The molecule has 1 aromatic heterocycles. The van der Waals surface area contributed by atoms with Crippen LogP contribution in [0.25, 0.3) is 0 Å². The molecule has 2 aromatic rings. The van der Waals surface area contributed by atoms with Crippen LogP contribution in [0.15, 0.2) is 35.5 Å². The Labute approximate surface area is 125 Å². The fraction of sp³-hybridized carbons (Fsp3) is 0.308. The van der Waals surface area contributed by atoms with Gasteiger partial charge in [0.1, 0.15) is 5.03 Å². The van der Waals surface area contributed by atoms with Crippen molar-refractivity contribution in [2.75, 3.05) is 11.4 Å². The van der Waals surface area contributed by atoms with Crippen LogP contribution >= 0.6 is 23.4 Å². The zero-order valence-corrected chi connectivity index (χ0v) is 12.2. The van der Waals surface area contributed by atoms with Crippen molar-refractivity contribution in [3.05, 3.63) is 35.5 Å². The van der Waals surface area contributed by atoms with Gasteiger partial charge in [-0.3, -0.25) is 4.79 Å². The number of nitrogens with zero attached hydrogens (tertiary/aromatic N) is 3. The van der Waals surface area contributed by atoms with Gasteiger partial charge in [-0.15, -0.1) is 5.10 Å². The number of hydrogen-bond acceptors (Lipinski definition) is 4. The van der Waals surface area contributed by atoms with Gasteiger partial charge in [-0.1, -0.05) is 35.5 Å². The monoisotopic (exact) mass is 308 g/mol. The van der Waals surface area contributed by atoms with E-state index < -0.39 is 0 Å². The molecule has 1 aliphatic rings. The van der Waals surface area contributed by atoms with Crippen molar-refractivity contribution < 1.29 is 4.79 Å². The van der Waals surface area contributed by atoms with E-state index in [9.17, 15) is 4.79 Å². The first-order valence-electron chi connectivity index (χ1n) is 6.34. The number of piperidine rings is 1. The van der Waals surface area contributed by atoms with E-state index >= 15 is 0 Å². The standard InChI is InChI=1S/C13H13ClN4OS/c14-9-4-1-2-5-10(9)18-7-3-6-11(13(18)19)20-12-8-15-17-16-12/h1-2,4-5,8,11H,3,6-7H2,(H,15,16,17)/t11-/m1/s1. The number of para-hydroxylation sites is 1. The molecule has 1 amide bonds. The van der Waals surface area contributed by atoms with Crippen molar-refractivity contribution in [1.29, 1.82) is 0 Å². The number of hydrogen-bond donors (Lipinski definition) is 1. The van der Waals surface area contributed by atoms with Gasteiger partial charge in [0.25, 0.3) is 0 Å². The maximum Gasteiger partial charge on any atom is 0.240 e. The summed E-state index contributed by atoms with van der Waals surface area (Å²) in [5.74, 6) is 0.0809. The highest BCUT2D eigenvalue weighted by Gasteiger charge is 2.31. The minimum Gasteiger partial charge on any atom is -0.310 e. The summed E-state index contributed by atoms with van der Waals surface area (Å²) in [5.41, 5.74) is 0.782. The third-order valence-electron chi connectivity index (χ3n) is 3.19. The van der Waals surface area contributed by atoms with Gasteiger partial charge < -0.3 is 4.90 Å². The number of aromatic amines is 1. The topological polar surface area (TPSA) is 61.9 Å². The molecular weight excluding hydrogens is 296 g/mol. The number of nitrogens with one attached hydrogen (secondary N) is 1. The Morgan fingerprint density at radius 3 is 3.00 bits per heavy atom. The molecule has 7 heteroatoms. The number of thioether (sulfide) groups is 1. The van der Waals surface area contributed by atoms with E-state index in [1.54, 1.807) is 17.2 Å². The number of rotatable bonds is 3. The molecule has 104 valence electrons. The number of aromatic nitrogens is 3. The number of halogens is 1. The summed E-state index contributed by atoms with van der Waals surface area (Å²) in [4.78, 5) is 14.4. The fourth-order valence-electron chi connectivity index (χ4n) is 2.26. The molecule has 2 heterocycles. The number of benzene rings is 1. The second-order valence-electron chi connectivity index (χ2n) is 4.50. The molecule has 0 unspecified atom stereocenters. The summed E-state index contributed by atoms with van der Waals surface area (Å²) < 4.78 is 0. The van der Waals surface area contributed by atoms with E-state index in [-0.39, 0.29) is 11.2 Å². The van der Waals surface area contributed by atoms with Crippen LogP contribution in [0.3, 0.4) is 0 Å². The summed E-state index contributed by atoms with van der Waals surface area (Å²) in [6.45, 7) is 0.707. The lowest BCUT2D eigenvalue weighted by Gasteiger charge is -2.32. The first kappa shape index (κ1) is 13.5. The van der Waals surface area contributed by atoms with Gasteiger partial charge in [0.2, 0.25) is 5.91 Å². The van der Waals surface area contributed by atoms with Gasteiger partial charge in [-0.05, 0) is 25.0 Å². The van der Waals surface area contributed by atoms with Crippen LogP contribution in [0.4, 0.5) is 5.69 Å². The lowest BCUT2D eigenvalue weighted by atomic mass is 10.1. The van der Waals surface area contributed by atoms with Crippen LogP contribution in [0.1, 0.15) is 12.8 Å². The van der Waals surface area contributed by atoms with Crippen molar-refractivity contribution in [2.24, 2.45) is 0 Å². The lowest BCUT2D eigenvalue weighted by Crippen LogP contribution is -2.43. The molecular formula is C13H13ClN4OS. The number of amides is 1. The Morgan fingerprint density at radius 2 is 2.25 bits per heavy atom. The molecule has 0 spiro atoms. The van der Waals surface area contributed by atoms with Gasteiger partial charge in [0.15, 0.2) is 0 Å². The highest BCUT2D eigenvalue weighted by molar-refractivity contribution is 8.00. The summed E-state index contributed by atoms with van der Waals surface area (Å²) in [5, 5.41) is 11.5.